The number of hydrogen-bond acceptors (Lipinski definition) is 10. The maximum Gasteiger partial charge on any atom is 0.338 e. The molecule has 0 amide bonds. The van der Waals surface area contributed by atoms with Crippen LogP contribution in [0.4, 0.5) is 0 Å². The molecule has 1 heterocycles. The van der Waals surface area contributed by atoms with Crippen LogP contribution < -0.4 is 9.47 Å². The minimum Gasteiger partial charge on any atom is -0.459 e. The van der Waals surface area contributed by atoms with Crippen LogP contribution in [0.3, 0.4) is 0 Å². The van der Waals surface area contributed by atoms with E-state index in [0.717, 1.165) is 31.2 Å². The van der Waals surface area contributed by atoms with Crippen molar-refractivity contribution in [3.05, 3.63) is 113 Å². The summed E-state index contributed by atoms with van der Waals surface area (Å²) in [7, 11) is 0. The molecule has 10 heteroatoms. The molecule has 2 saturated carbocycles. The summed E-state index contributed by atoms with van der Waals surface area (Å²) >= 11 is 1.37. The Morgan fingerprint density at radius 3 is 1.51 bits per heavy atom. The number of ether oxygens (including phenoxy) is 4. The van der Waals surface area contributed by atoms with Crippen LogP contribution in [0.15, 0.2) is 91.0 Å². The number of thiazole rings is 1. The number of aryl methyl sites for hydroxylation is 2. The predicted molar refractivity (Wildman–Crippen MR) is 220 cm³/mol. The third-order valence-electron chi connectivity index (χ3n) is 10.9. The molecule has 0 bridgehead atoms. The molecule has 57 heavy (non-hydrogen) atoms. The Balaban J connectivity index is 0.967. The first-order chi connectivity index (χ1) is 27.8. The van der Waals surface area contributed by atoms with Gasteiger partial charge in [0, 0.05) is 5.56 Å². The van der Waals surface area contributed by atoms with Crippen LogP contribution in [-0.4, -0.2) is 41.1 Å². The van der Waals surface area contributed by atoms with E-state index in [4.69, 9.17) is 23.9 Å². The molecular weight excluding hydrogens is 739 g/mol. The number of aromatic nitrogens is 1. The summed E-state index contributed by atoms with van der Waals surface area (Å²) < 4.78 is 24.3. The van der Waals surface area contributed by atoms with E-state index in [9.17, 15) is 19.2 Å². The Labute approximate surface area is 337 Å². The molecule has 0 aliphatic heterocycles. The highest BCUT2D eigenvalue weighted by molar-refractivity contribution is 7.22. The Kier molecular flexibility index (Phi) is 13.1. The van der Waals surface area contributed by atoms with E-state index in [1.54, 1.807) is 12.1 Å². The number of nitrogens with zero attached hydrogens (tertiary/aromatic N) is 1. The lowest BCUT2D eigenvalue weighted by molar-refractivity contribution is -0.141. The zero-order valence-corrected chi connectivity index (χ0v) is 33.4. The van der Waals surface area contributed by atoms with Gasteiger partial charge in [0.2, 0.25) is 0 Å². The van der Waals surface area contributed by atoms with Gasteiger partial charge in [-0.3, -0.25) is 9.59 Å². The van der Waals surface area contributed by atoms with Crippen molar-refractivity contribution in [1.82, 2.24) is 4.98 Å². The summed E-state index contributed by atoms with van der Waals surface area (Å²) in [5.41, 5.74) is 4.78. The first-order valence-corrected chi connectivity index (χ1v) is 21.1. The van der Waals surface area contributed by atoms with E-state index in [-0.39, 0.29) is 47.9 Å². The molecule has 0 N–H and O–H groups in total. The molecule has 1 aromatic heterocycles. The second-order valence-electron chi connectivity index (χ2n) is 15.1. The molecular formula is C47H49NO8S. The third kappa shape index (κ3) is 9.97. The number of carbonyl (C=O) groups is 4. The standard InChI is InChI=1S/C47H49NO8S/c1-3-8-30-12-16-33(17-13-30)44(49)53-37-24-20-35(21-25-37)46(51)55-39-28-29-40(42-41(39)48-43(57-42)32-10-6-5-7-11-32)56-47(52)36-22-26-38(27-23-36)54-45(50)34-18-14-31(9-4-2)15-19-34/h5-7,10-19,28-29,35-38H,3-4,8-9,20-27H2,1-2H3. The van der Waals surface area contributed by atoms with Crippen molar-refractivity contribution in [3.8, 4) is 22.1 Å². The average Bonchev–Trinajstić information content (AvgIpc) is 3.70. The van der Waals surface area contributed by atoms with E-state index < -0.39 is 0 Å². The summed E-state index contributed by atoms with van der Waals surface area (Å²) in [6.07, 6.45) is 7.91. The van der Waals surface area contributed by atoms with Crippen molar-refractivity contribution < 1.29 is 38.1 Å². The summed E-state index contributed by atoms with van der Waals surface area (Å²) in [4.78, 5) is 57.5. The van der Waals surface area contributed by atoms with Crippen molar-refractivity contribution in [2.75, 3.05) is 0 Å². The van der Waals surface area contributed by atoms with Crippen LogP contribution in [0.1, 0.15) is 110 Å². The monoisotopic (exact) mass is 787 g/mol. The van der Waals surface area contributed by atoms with Gasteiger partial charge in [0.05, 0.1) is 23.0 Å². The largest absolute Gasteiger partial charge is 0.459 e. The fraction of sp³-hybridized carbons (Fsp3) is 0.383. The van der Waals surface area contributed by atoms with Crippen molar-refractivity contribution in [2.45, 2.75) is 103 Å². The van der Waals surface area contributed by atoms with Crippen LogP contribution >= 0.6 is 11.3 Å². The smallest absolute Gasteiger partial charge is 0.338 e. The van der Waals surface area contributed by atoms with E-state index in [1.165, 1.54) is 22.5 Å². The lowest BCUT2D eigenvalue weighted by atomic mass is 9.87. The first-order valence-electron chi connectivity index (χ1n) is 20.3. The van der Waals surface area contributed by atoms with Gasteiger partial charge in [0.1, 0.15) is 27.4 Å². The molecule has 2 aliphatic carbocycles. The fourth-order valence-electron chi connectivity index (χ4n) is 7.67. The van der Waals surface area contributed by atoms with E-state index >= 15 is 0 Å². The molecule has 0 saturated heterocycles. The molecule has 2 fully saturated rings. The van der Waals surface area contributed by atoms with Crippen LogP contribution in [-0.2, 0) is 31.9 Å². The van der Waals surface area contributed by atoms with Crippen molar-refractivity contribution in [1.29, 1.82) is 0 Å². The minimum absolute atomic E-state index is 0.259. The second-order valence-corrected chi connectivity index (χ2v) is 16.1. The number of benzene rings is 4. The Bertz CT molecular complexity index is 2030. The Morgan fingerprint density at radius 2 is 1.04 bits per heavy atom. The normalized spacial score (nSPS) is 19.4. The molecule has 296 valence electrons. The molecule has 4 aromatic carbocycles. The average molecular weight is 788 g/mol. The maximum absolute atomic E-state index is 13.5. The zero-order valence-electron chi connectivity index (χ0n) is 32.6. The van der Waals surface area contributed by atoms with E-state index in [2.05, 4.69) is 13.8 Å². The highest BCUT2D eigenvalue weighted by atomic mass is 32.1. The van der Waals surface area contributed by atoms with Gasteiger partial charge in [-0.25, -0.2) is 14.6 Å². The number of rotatable bonds is 13. The van der Waals surface area contributed by atoms with Gasteiger partial charge < -0.3 is 18.9 Å². The van der Waals surface area contributed by atoms with Gasteiger partial charge >= 0.3 is 23.9 Å². The highest BCUT2D eigenvalue weighted by Crippen LogP contribution is 2.42. The molecule has 5 aromatic rings. The molecule has 0 spiro atoms. The summed E-state index contributed by atoms with van der Waals surface area (Å²) in [6.45, 7) is 4.24. The predicted octanol–water partition coefficient (Wildman–Crippen LogP) is 10.5. The van der Waals surface area contributed by atoms with Gasteiger partial charge in [-0.1, -0.05) is 81.3 Å². The molecule has 7 rings (SSSR count). The lowest BCUT2D eigenvalue weighted by Crippen LogP contribution is -2.30. The summed E-state index contributed by atoms with van der Waals surface area (Å²) in [5, 5.41) is 0.705. The van der Waals surface area contributed by atoms with Crippen LogP contribution in [0, 0.1) is 11.8 Å². The zero-order chi connectivity index (χ0) is 39.7. The van der Waals surface area contributed by atoms with Gasteiger partial charge in [0.25, 0.3) is 0 Å². The van der Waals surface area contributed by atoms with Crippen LogP contribution in [0.5, 0.6) is 11.5 Å². The van der Waals surface area contributed by atoms with Gasteiger partial charge in [-0.2, -0.15) is 0 Å². The lowest BCUT2D eigenvalue weighted by Gasteiger charge is -2.27. The molecule has 0 atom stereocenters. The van der Waals surface area contributed by atoms with Crippen molar-refractivity contribution in [3.63, 3.8) is 0 Å². The molecule has 2 aliphatic rings. The van der Waals surface area contributed by atoms with E-state index in [0.29, 0.717) is 89.2 Å². The molecule has 0 radical (unpaired) electrons. The first kappa shape index (κ1) is 39.9. The highest BCUT2D eigenvalue weighted by Gasteiger charge is 2.33. The van der Waals surface area contributed by atoms with Gasteiger partial charge in [0.15, 0.2) is 11.5 Å². The van der Waals surface area contributed by atoms with Crippen LogP contribution in [0.25, 0.3) is 20.8 Å². The number of carbonyl (C=O) groups excluding carboxylic acids is 4. The maximum atomic E-state index is 13.5. The Morgan fingerprint density at radius 1 is 0.579 bits per heavy atom. The van der Waals surface area contributed by atoms with Gasteiger partial charge in [-0.05, 0) is 112 Å². The number of esters is 4. The van der Waals surface area contributed by atoms with Crippen molar-refractivity contribution >= 4 is 45.4 Å². The SMILES string of the molecule is CCCc1ccc(C(=O)OC2CCC(C(=O)Oc3ccc(OC(=O)C4CCC(OC(=O)c5ccc(CCC)cc5)CC4)c4sc(-c5ccccc5)nc34)CC2)cc1. The molecule has 0 unspecified atom stereocenters. The summed E-state index contributed by atoms with van der Waals surface area (Å²) in [6, 6.07) is 28.1. The van der Waals surface area contributed by atoms with Gasteiger partial charge in [-0.15, -0.1) is 11.3 Å². The topological polar surface area (TPSA) is 118 Å². The third-order valence-corrected chi connectivity index (χ3v) is 12.1. The van der Waals surface area contributed by atoms with Crippen LogP contribution in [0.2, 0.25) is 0 Å². The van der Waals surface area contributed by atoms with E-state index in [1.807, 2.05) is 78.9 Å². The summed E-state index contributed by atoms with van der Waals surface area (Å²) in [5.74, 6) is -1.44. The second kappa shape index (κ2) is 18.7. The number of hydrogen-bond donors (Lipinski definition) is 0. The Hall–Kier alpha value is -5.35. The minimum atomic E-state index is -0.363. The number of fused-ring (bicyclic) bond motifs is 1. The molecule has 9 nitrogen and oxygen atoms in total. The quantitative estimate of drug-likeness (QED) is 0.0849. The fourth-order valence-corrected chi connectivity index (χ4v) is 8.71. The van der Waals surface area contributed by atoms with Crippen molar-refractivity contribution in [2.24, 2.45) is 11.8 Å².